The van der Waals surface area contributed by atoms with E-state index in [1.165, 1.54) is 6.92 Å². The van der Waals surface area contributed by atoms with Crippen LogP contribution in [0.4, 0.5) is 0 Å². The maximum Gasteiger partial charge on any atom is 0.320 e. The fraction of sp³-hybridized carbons (Fsp3) is 0.750. The molecule has 0 aromatic carbocycles. The number of hydrogen-bond acceptors (Lipinski definition) is 4. The first-order valence-electron chi connectivity index (χ1n) is 7.90. The fourth-order valence-corrected chi connectivity index (χ4v) is 3.27. The van der Waals surface area contributed by atoms with Gasteiger partial charge < -0.3 is 15.5 Å². The number of allylic oxidation sites excluding steroid dienone is 1. The maximum atomic E-state index is 11.6. The third-order valence-corrected chi connectivity index (χ3v) is 4.62. The monoisotopic (exact) mass is 312 g/mol. The second-order valence-electron chi connectivity index (χ2n) is 6.00. The zero-order valence-electron chi connectivity index (χ0n) is 13.8. The Balaban J connectivity index is 3.14. The van der Waals surface area contributed by atoms with Gasteiger partial charge in [0.05, 0.1) is 11.6 Å². The molecule has 0 spiro atoms. The highest BCUT2D eigenvalue weighted by Gasteiger charge is 2.47. The van der Waals surface area contributed by atoms with E-state index in [0.717, 1.165) is 0 Å². The van der Waals surface area contributed by atoms with Gasteiger partial charge in [0.15, 0.2) is 0 Å². The Morgan fingerprint density at radius 2 is 2.00 bits per heavy atom. The van der Waals surface area contributed by atoms with Crippen LogP contribution in [0.5, 0.6) is 0 Å². The minimum absolute atomic E-state index is 0.0485. The summed E-state index contributed by atoms with van der Waals surface area (Å²) in [6.45, 7) is 7.02. The van der Waals surface area contributed by atoms with Gasteiger partial charge in [-0.25, -0.2) is 0 Å². The molecule has 4 unspecified atom stereocenters. The number of rotatable bonds is 7. The van der Waals surface area contributed by atoms with Gasteiger partial charge in [-0.3, -0.25) is 14.9 Å². The molecule has 6 heteroatoms. The molecule has 6 nitrogen and oxygen atoms in total. The van der Waals surface area contributed by atoms with Crippen molar-refractivity contribution in [1.82, 2.24) is 10.6 Å². The lowest BCUT2D eigenvalue weighted by Crippen LogP contribution is -2.62. The molecule has 0 aliphatic carbocycles. The fourth-order valence-electron chi connectivity index (χ4n) is 3.27. The van der Waals surface area contributed by atoms with Gasteiger partial charge >= 0.3 is 5.97 Å². The summed E-state index contributed by atoms with van der Waals surface area (Å²) in [6, 6.07) is -1.52. The molecular weight excluding hydrogens is 284 g/mol. The number of carbonyl (C=O) groups is 2. The summed E-state index contributed by atoms with van der Waals surface area (Å²) >= 11 is 0. The SMILES string of the molecule is C/C=C/C1CC(C(=O)O)NC1C(NC(C)=O)C(O)(CC)CC. The molecule has 4 atom stereocenters. The quantitative estimate of drug-likeness (QED) is 0.527. The van der Waals surface area contributed by atoms with E-state index in [2.05, 4.69) is 10.6 Å². The van der Waals surface area contributed by atoms with Gasteiger partial charge in [-0.05, 0) is 32.1 Å². The van der Waals surface area contributed by atoms with Gasteiger partial charge in [0, 0.05) is 13.0 Å². The third-order valence-electron chi connectivity index (χ3n) is 4.62. The maximum absolute atomic E-state index is 11.6. The normalized spacial score (nSPS) is 27.0. The van der Waals surface area contributed by atoms with Gasteiger partial charge in [0.2, 0.25) is 5.91 Å². The lowest BCUT2D eigenvalue weighted by atomic mass is 9.79. The van der Waals surface area contributed by atoms with Gasteiger partial charge in [-0.15, -0.1) is 0 Å². The Hall–Kier alpha value is -1.40. The second kappa shape index (κ2) is 7.74. The van der Waals surface area contributed by atoms with Crippen LogP contribution in [0.1, 0.15) is 47.0 Å². The molecule has 1 amide bonds. The summed E-state index contributed by atoms with van der Waals surface area (Å²) in [5.74, 6) is -1.19. The van der Waals surface area contributed by atoms with Crippen molar-refractivity contribution in [3.63, 3.8) is 0 Å². The van der Waals surface area contributed by atoms with Gasteiger partial charge in [0.1, 0.15) is 6.04 Å². The highest BCUT2D eigenvalue weighted by molar-refractivity contribution is 5.75. The van der Waals surface area contributed by atoms with Crippen LogP contribution in [0.2, 0.25) is 0 Å². The molecule has 1 heterocycles. The number of hydrogen-bond donors (Lipinski definition) is 4. The Kier molecular flexibility index (Phi) is 6.56. The zero-order chi connectivity index (χ0) is 16.9. The summed E-state index contributed by atoms with van der Waals surface area (Å²) in [5, 5.41) is 26.1. The number of amides is 1. The molecule has 1 saturated heterocycles. The van der Waals surface area contributed by atoms with E-state index in [1.54, 1.807) is 0 Å². The summed E-state index contributed by atoms with van der Waals surface area (Å²) in [7, 11) is 0. The summed E-state index contributed by atoms with van der Waals surface area (Å²) in [6.07, 6.45) is 5.23. The molecule has 0 saturated carbocycles. The molecule has 1 fully saturated rings. The van der Waals surface area contributed by atoms with Crippen LogP contribution >= 0.6 is 0 Å². The van der Waals surface area contributed by atoms with Gasteiger partial charge in [0.25, 0.3) is 0 Å². The van der Waals surface area contributed by atoms with Gasteiger partial charge in [-0.1, -0.05) is 26.0 Å². The lowest BCUT2D eigenvalue weighted by molar-refractivity contribution is -0.139. The van der Waals surface area contributed by atoms with E-state index in [1.807, 2.05) is 32.9 Å². The van der Waals surface area contributed by atoms with Crippen molar-refractivity contribution in [2.45, 2.75) is 70.7 Å². The Labute approximate surface area is 132 Å². The van der Waals surface area contributed by atoms with Crippen molar-refractivity contribution in [1.29, 1.82) is 0 Å². The highest BCUT2D eigenvalue weighted by Crippen LogP contribution is 2.32. The minimum Gasteiger partial charge on any atom is -0.480 e. The van der Waals surface area contributed by atoms with E-state index in [0.29, 0.717) is 19.3 Å². The van der Waals surface area contributed by atoms with E-state index in [9.17, 15) is 19.8 Å². The van der Waals surface area contributed by atoms with Crippen LogP contribution in [0.3, 0.4) is 0 Å². The average Bonchev–Trinajstić information content (AvgIpc) is 2.88. The number of aliphatic hydroxyl groups is 1. The predicted octanol–water partition coefficient (Wildman–Crippen LogP) is 1.05. The molecule has 1 aliphatic rings. The standard InChI is InChI=1S/C16H28N2O4/c1-5-8-11-9-12(15(20)21)18-13(11)14(17-10(4)19)16(22,6-2)7-3/h5,8,11-14,18,22H,6-7,9H2,1-4H3,(H,17,19)(H,20,21)/b8-5+. The van der Waals surface area contributed by atoms with E-state index in [4.69, 9.17) is 0 Å². The van der Waals surface area contributed by atoms with Crippen molar-refractivity contribution in [2.75, 3.05) is 0 Å². The minimum atomic E-state index is -1.07. The molecule has 126 valence electrons. The molecule has 0 bridgehead atoms. The predicted molar refractivity (Wildman–Crippen MR) is 84.4 cm³/mol. The molecule has 0 aromatic rings. The Morgan fingerprint density at radius 1 is 1.41 bits per heavy atom. The summed E-state index contributed by atoms with van der Waals surface area (Å²) < 4.78 is 0. The first-order chi connectivity index (χ1) is 10.3. The van der Waals surface area contributed by atoms with E-state index >= 15 is 0 Å². The first-order valence-corrected chi connectivity index (χ1v) is 7.90. The highest BCUT2D eigenvalue weighted by atomic mass is 16.4. The zero-order valence-corrected chi connectivity index (χ0v) is 13.8. The molecule has 0 radical (unpaired) electrons. The van der Waals surface area contributed by atoms with Crippen molar-refractivity contribution in [3.8, 4) is 0 Å². The third kappa shape index (κ3) is 4.08. The molecule has 22 heavy (non-hydrogen) atoms. The number of carbonyl (C=O) groups excluding carboxylic acids is 1. The van der Waals surface area contributed by atoms with Crippen molar-refractivity contribution < 1.29 is 19.8 Å². The summed E-state index contributed by atoms with van der Waals surface area (Å²) in [4.78, 5) is 22.9. The Bertz CT molecular complexity index is 432. The molecule has 0 aromatic heterocycles. The first kappa shape index (κ1) is 18.6. The van der Waals surface area contributed by atoms with Crippen LogP contribution in [0.15, 0.2) is 12.2 Å². The molecule has 1 aliphatic heterocycles. The van der Waals surface area contributed by atoms with Crippen LogP contribution in [0, 0.1) is 5.92 Å². The average molecular weight is 312 g/mol. The topological polar surface area (TPSA) is 98.7 Å². The van der Waals surface area contributed by atoms with Crippen LogP contribution in [0.25, 0.3) is 0 Å². The van der Waals surface area contributed by atoms with Crippen molar-refractivity contribution in [3.05, 3.63) is 12.2 Å². The summed E-state index contributed by atoms with van der Waals surface area (Å²) in [5.41, 5.74) is -1.07. The van der Waals surface area contributed by atoms with E-state index in [-0.39, 0.29) is 17.9 Å². The van der Waals surface area contributed by atoms with Crippen LogP contribution in [-0.2, 0) is 9.59 Å². The molecule has 1 rings (SSSR count). The lowest BCUT2D eigenvalue weighted by Gasteiger charge is -2.40. The molecular formula is C16H28N2O4. The van der Waals surface area contributed by atoms with Crippen molar-refractivity contribution >= 4 is 11.9 Å². The van der Waals surface area contributed by atoms with Crippen LogP contribution < -0.4 is 10.6 Å². The van der Waals surface area contributed by atoms with Gasteiger partial charge in [-0.2, -0.15) is 0 Å². The number of aliphatic carboxylic acids is 1. The number of nitrogens with one attached hydrogen (secondary N) is 2. The largest absolute Gasteiger partial charge is 0.480 e. The Morgan fingerprint density at radius 3 is 2.41 bits per heavy atom. The second-order valence-corrected chi connectivity index (χ2v) is 6.00. The number of carboxylic acids is 1. The number of carboxylic acid groups (broad SMARTS) is 1. The van der Waals surface area contributed by atoms with Crippen LogP contribution in [-0.4, -0.2) is 45.8 Å². The molecule has 4 N–H and O–H groups in total. The smallest absolute Gasteiger partial charge is 0.320 e. The van der Waals surface area contributed by atoms with E-state index < -0.39 is 23.7 Å². The van der Waals surface area contributed by atoms with Crippen molar-refractivity contribution in [2.24, 2.45) is 5.92 Å².